The van der Waals surface area contributed by atoms with E-state index in [0.717, 1.165) is 42.4 Å². The summed E-state index contributed by atoms with van der Waals surface area (Å²) in [7, 11) is -7.07. The lowest BCUT2D eigenvalue weighted by Gasteiger charge is -2.07. The fourth-order valence-electron chi connectivity index (χ4n) is 3.07. The molecule has 4 rings (SSSR count). The van der Waals surface area contributed by atoms with Crippen molar-refractivity contribution < 1.29 is 16.8 Å². The summed E-state index contributed by atoms with van der Waals surface area (Å²) in [5, 5.41) is 0.214. The topological polar surface area (TPSA) is 93.2 Å². The highest BCUT2D eigenvalue weighted by molar-refractivity contribution is 7.93. The van der Waals surface area contributed by atoms with Crippen molar-refractivity contribution in [3.8, 4) is 0 Å². The summed E-state index contributed by atoms with van der Waals surface area (Å²) in [5.41, 5.74) is 2.83. The van der Waals surface area contributed by atoms with E-state index in [9.17, 15) is 16.8 Å². The summed E-state index contributed by atoms with van der Waals surface area (Å²) in [6, 6.07) is 9.76. The van der Waals surface area contributed by atoms with Crippen LogP contribution < -0.4 is 4.72 Å². The van der Waals surface area contributed by atoms with E-state index in [2.05, 4.69) is 9.71 Å². The molecule has 1 aromatic heterocycles. The number of aryl methyl sites for hydroxylation is 2. The first-order chi connectivity index (χ1) is 12.2. The van der Waals surface area contributed by atoms with E-state index in [1.54, 1.807) is 18.2 Å². The molecule has 0 saturated carbocycles. The molecule has 6 nitrogen and oxygen atoms in total. The molecule has 3 aromatic rings. The van der Waals surface area contributed by atoms with Crippen LogP contribution in [0.15, 0.2) is 46.2 Å². The Labute approximate surface area is 155 Å². The average molecular weight is 409 g/mol. The van der Waals surface area contributed by atoms with Crippen molar-refractivity contribution >= 4 is 46.5 Å². The third kappa shape index (κ3) is 3.22. The second-order valence-electron chi connectivity index (χ2n) is 6.31. The van der Waals surface area contributed by atoms with Crippen LogP contribution in [0.4, 0.5) is 5.13 Å². The monoisotopic (exact) mass is 408 g/mol. The van der Waals surface area contributed by atoms with Gasteiger partial charge in [0, 0.05) is 6.26 Å². The molecule has 1 aliphatic rings. The van der Waals surface area contributed by atoms with E-state index in [0.29, 0.717) is 10.2 Å². The van der Waals surface area contributed by atoms with Gasteiger partial charge in [-0.3, -0.25) is 4.72 Å². The SMILES string of the molecule is CS(=O)(=O)c1ccc2nc(NS(=O)(=O)c3ccc4c(c3)CCC4)sc2c1. The van der Waals surface area contributed by atoms with Crippen molar-refractivity contribution in [3.05, 3.63) is 47.5 Å². The molecule has 26 heavy (non-hydrogen) atoms. The maximum Gasteiger partial charge on any atom is 0.263 e. The quantitative estimate of drug-likeness (QED) is 0.716. The number of thiazole rings is 1. The summed E-state index contributed by atoms with van der Waals surface area (Å²) < 4.78 is 51.8. The van der Waals surface area contributed by atoms with E-state index in [4.69, 9.17) is 0 Å². The van der Waals surface area contributed by atoms with E-state index < -0.39 is 19.9 Å². The minimum Gasteiger partial charge on any atom is -0.255 e. The normalized spacial score (nSPS) is 14.5. The molecule has 0 unspecified atom stereocenters. The van der Waals surface area contributed by atoms with Crippen LogP contribution in [0.2, 0.25) is 0 Å². The fourth-order valence-corrected chi connectivity index (χ4v) is 5.98. The number of benzene rings is 2. The summed E-state index contributed by atoms with van der Waals surface area (Å²) in [6.07, 6.45) is 4.07. The van der Waals surface area contributed by atoms with Crippen LogP contribution in [0.5, 0.6) is 0 Å². The standard InChI is InChI=1S/C17H16N2O4S3/c1-25(20,21)13-7-8-15-16(10-13)24-17(18-15)19-26(22,23)14-6-5-11-3-2-4-12(11)9-14/h5-10H,2-4H2,1H3,(H,18,19). The van der Waals surface area contributed by atoms with Crippen molar-refractivity contribution in [2.75, 3.05) is 11.0 Å². The molecular weight excluding hydrogens is 392 g/mol. The predicted molar refractivity (Wildman–Crippen MR) is 102 cm³/mol. The Balaban J connectivity index is 1.67. The number of nitrogens with zero attached hydrogens (tertiary/aromatic N) is 1. The maximum absolute atomic E-state index is 12.7. The van der Waals surface area contributed by atoms with Crippen molar-refractivity contribution in [2.45, 2.75) is 29.1 Å². The number of aromatic nitrogens is 1. The number of sulfonamides is 1. The van der Waals surface area contributed by atoms with Crippen LogP contribution in [-0.2, 0) is 32.7 Å². The minimum absolute atomic E-state index is 0.182. The van der Waals surface area contributed by atoms with Gasteiger partial charge in [-0.05, 0) is 60.7 Å². The lowest BCUT2D eigenvalue weighted by Crippen LogP contribution is -2.13. The van der Waals surface area contributed by atoms with E-state index in [1.165, 1.54) is 17.7 Å². The predicted octanol–water partition coefficient (Wildman–Crippen LogP) is 2.99. The molecule has 0 fully saturated rings. The Bertz CT molecular complexity index is 1230. The Morgan fingerprint density at radius 3 is 2.46 bits per heavy atom. The van der Waals surface area contributed by atoms with Crippen LogP contribution in [0.1, 0.15) is 17.5 Å². The number of hydrogen-bond donors (Lipinski definition) is 1. The molecule has 0 saturated heterocycles. The van der Waals surface area contributed by atoms with Gasteiger partial charge in [-0.1, -0.05) is 17.4 Å². The van der Waals surface area contributed by atoms with Crippen LogP contribution in [0, 0.1) is 0 Å². The molecule has 1 heterocycles. The van der Waals surface area contributed by atoms with Gasteiger partial charge in [-0.15, -0.1) is 0 Å². The zero-order valence-corrected chi connectivity index (χ0v) is 16.3. The molecule has 1 aliphatic carbocycles. The summed E-state index contributed by atoms with van der Waals surface area (Å²) in [4.78, 5) is 4.65. The van der Waals surface area contributed by atoms with Gasteiger partial charge < -0.3 is 0 Å². The molecule has 0 radical (unpaired) electrons. The Morgan fingerprint density at radius 2 is 1.69 bits per heavy atom. The molecular formula is C17H16N2O4S3. The number of fused-ring (bicyclic) bond motifs is 2. The lowest BCUT2D eigenvalue weighted by atomic mass is 10.1. The average Bonchev–Trinajstić information content (AvgIpc) is 3.17. The molecule has 0 aliphatic heterocycles. The number of rotatable bonds is 4. The van der Waals surface area contributed by atoms with Crippen LogP contribution in [-0.4, -0.2) is 28.1 Å². The van der Waals surface area contributed by atoms with Crippen molar-refractivity contribution in [1.29, 1.82) is 0 Å². The first kappa shape index (κ1) is 17.4. The van der Waals surface area contributed by atoms with Crippen molar-refractivity contribution in [3.63, 3.8) is 0 Å². The molecule has 0 atom stereocenters. The van der Waals surface area contributed by atoms with Gasteiger partial charge in [0.15, 0.2) is 15.0 Å². The highest BCUT2D eigenvalue weighted by Gasteiger charge is 2.20. The summed E-state index contributed by atoms with van der Waals surface area (Å²) in [5.74, 6) is 0. The summed E-state index contributed by atoms with van der Waals surface area (Å²) in [6.45, 7) is 0. The van der Waals surface area contributed by atoms with E-state index >= 15 is 0 Å². The van der Waals surface area contributed by atoms with Gasteiger partial charge in [0.25, 0.3) is 10.0 Å². The van der Waals surface area contributed by atoms with E-state index in [1.807, 2.05) is 6.07 Å². The van der Waals surface area contributed by atoms with Crippen LogP contribution >= 0.6 is 11.3 Å². The number of hydrogen-bond acceptors (Lipinski definition) is 6. The number of anilines is 1. The highest BCUT2D eigenvalue weighted by Crippen LogP contribution is 2.30. The summed E-state index contributed by atoms with van der Waals surface area (Å²) >= 11 is 1.11. The molecule has 0 spiro atoms. The van der Waals surface area contributed by atoms with Crippen molar-refractivity contribution in [2.24, 2.45) is 0 Å². The smallest absolute Gasteiger partial charge is 0.255 e. The van der Waals surface area contributed by atoms with Gasteiger partial charge in [-0.2, -0.15) is 0 Å². The maximum atomic E-state index is 12.7. The highest BCUT2D eigenvalue weighted by atomic mass is 32.2. The van der Waals surface area contributed by atoms with Gasteiger partial charge in [0.2, 0.25) is 0 Å². The van der Waals surface area contributed by atoms with Gasteiger partial charge in [0.1, 0.15) is 0 Å². The molecule has 1 N–H and O–H groups in total. The largest absolute Gasteiger partial charge is 0.263 e. The van der Waals surface area contributed by atoms with Gasteiger partial charge in [0.05, 0.1) is 20.0 Å². The molecule has 136 valence electrons. The Kier molecular flexibility index (Phi) is 4.05. The van der Waals surface area contributed by atoms with Crippen LogP contribution in [0.3, 0.4) is 0 Å². The first-order valence-corrected chi connectivity index (χ1v) is 12.2. The fraction of sp³-hybridized carbons (Fsp3) is 0.235. The molecule has 9 heteroatoms. The molecule has 0 bridgehead atoms. The second-order valence-corrected chi connectivity index (χ2v) is 11.0. The third-order valence-electron chi connectivity index (χ3n) is 4.39. The van der Waals surface area contributed by atoms with Gasteiger partial charge in [-0.25, -0.2) is 21.8 Å². The zero-order valence-electron chi connectivity index (χ0n) is 13.9. The number of sulfone groups is 1. The Morgan fingerprint density at radius 1 is 0.962 bits per heavy atom. The molecule has 2 aromatic carbocycles. The van der Waals surface area contributed by atoms with E-state index in [-0.39, 0.29) is 14.9 Å². The number of nitrogens with one attached hydrogen (secondary N) is 1. The molecule has 0 amide bonds. The van der Waals surface area contributed by atoms with Gasteiger partial charge >= 0.3 is 0 Å². The van der Waals surface area contributed by atoms with Crippen LogP contribution in [0.25, 0.3) is 10.2 Å². The zero-order chi connectivity index (χ0) is 18.5. The minimum atomic E-state index is -3.74. The lowest BCUT2D eigenvalue weighted by molar-refractivity contribution is 0.599. The second kappa shape index (κ2) is 6.04. The third-order valence-corrected chi connectivity index (χ3v) is 7.90. The Hall–Kier alpha value is -1.97. The van der Waals surface area contributed by atoms with Crippen molar-refractivity contribution in [1.82, 2.24) is 4.98 Å². The first-order valence-electron chi connectivity index (χ1n) is 7.98.